The molecule has 0 atom stereocenters. The Morgan fingerprint density at radius 3 is 3.22 bits per heavy atom. The van der Waals surface area contributed by atoms with Crippen molar-refractivity contribution in [1.29, 1.82) is 0 Å². The average molecular weight is 327 g/mol. The molecule has 0 saturated heterocycles. The Bertz CT molecular complexity index is 971. The molecular weight excluding hydrogens is 314 g/mol. The van der Waals surface area contributed by atoms with Gasteiger partial charge in [-0.3, -0.25) is 9.20 Å². The highest BCUT2D eigenvalue weighted by atomic mass is 32.1. The molecule has 0 unspecified atom stereocenters. The van der Waals surface area contributed by atoms with Crippen molar-refractivity contribution in [3.8, 4) is 0 Å². The summed E-state index contributed by atoms with van der Waals surface area (Å²) in [6.07, 6.45) is 6.07. The van der Waals surface area contributed by atoms with E-state index in [1.54, 1.807) is 17.4 Å². The van der Waals surface area contributed by atoms with Crippen LogP contribution in [0, 0.1) is 0 Å². The van der Waals surface area contributed by atoms with Crippen LogP contribution in [-0.2, 0) is 13.0 Å². The summed E-state index contributed by atoms with van der Waals surface area (Å²) >= 11 is 1.56. The lowest BCUT2D eigenvalue weighted by atomic mass is 10.1. The lowest BCUT2D eigenvalue weighted by molar-refractivity contribution is 0.0950. The van der Waals surface area contributed by atoms with Crippen molar-refractivity contribution < 1.29 is 9.32 Å². The average Bonchev–Trinajstić information content (AvgIpc) is 3.25. The van der Waals surface area contributed by atoms with Crippen LogP contribution >= 0.6 is 11.3 Å². The molecule has 0 saturated carbocycles. The Kier molecular flexibility index (Phi) is 3.30. The fourth-order valence-corrected chi connectivity index (χ4v) is 3.11. The zero-order valence-electron chi connectivity index (χ0n) is 12.3. The third-order valence-corrected chi connectivity index (χ3v) is 4.35. The number of pyridine rings is 1. The Balaban J connectivity index is 1.53. The zero-order chi connectivity index (χ0) is 15.8. The van der Waals surface area contributed by atoms with Crippen LogP contribution in [0.2, 0.25) is 0 Å². The van der Waals surface area contributed by atoms with Crippen molar-refractivity contribution >= 4 is 33.3 Å². The first kappa shape index (κ1) is 13.9. The number of hydrogen-bond acceptors (Lipinski definition) is 6. The lowest BCUT2D eigenvalue weighted by Gasteiger charge is -2.03. The lowest BCUT2D eigenvalue weighted by Crippen LogP contribution is -2.23. The molecule has 0 aliphatic carbocycles. The maximum atomic E-state index is 12.3. The molecule has 7 nitrogen and oxygen atoms in total. The number of fused-ring (bicyclic) bond motifs is 2. The first-order valence-electron chi connectivity index (χ1n) is 7.18. The van der Waals surface area contributed by atoms with Crippen LogP contribution < -0.4 is 5.32 Å². The van der Waals surface area contributed by atoms with Crippen LogP contribution in [0.5, 0.6) is 0 Å². The van der Waals surface area contributed by atoms with Gasteiger partial charge in [0.1, 0.15) is 0 Å². The summed E-state index contributed by atoms with van der Waals surface area (Å²) in [5.41, 5.74) is 2.55. The smallest absolute Gasteiger partial charge is 0.257 e. The largest absolute Gasteiger partial charge is 0.346 e. The third kappa shape index (κ3) is 2.46. The molecule has 0 aromatic carbocycles. The first-order valence-corrected chi connectivity index (χ1v) is 8.06. The maximum absolute atomic E-state index is 12.3. The Hall–Kier alpha value is -2.74. The van der Waals surface area contributed by atoms with Crippen molar-refractivity contribution in [2.45, 2.75) is 19.9 Å². The minimum atomic E-state index is -0.195. The van der Waals surface area contributed by atoms with E-state index in [1.165, 1.54) is 6.20 Å². The Morgan fingerprint density at radius 1 is 1.48 bits per heavy atom. The predicted molar refractivity (Wildman–Crippen MR) is 85.4 cm³/mol. The molecule has 1 N–H and O–H groups in total. The van der Waals surface area contributed by atoms with E-state index in [1.807, 2.05) is 29.1 Å². The second-order valence-corrected chi connectivity index (χ2v) is 5.94. The Morgan fingerprint density at radius 2 is 2.39 bits per heavy atom. The standard InChI is InChI=1S/C15H13N5O2S/c1-2-12-11-5-9(6-17-14(11)22-19-12)13(21)16-7-10-8-20-3-4-23-15(20)18-10/h3-6,8H,2,7H2,1H3,(H,16,21). The van der Waals surface area contributed by atoms with Gasteiger partial charge in [-0.05, 0) is 12.5 Å². The van der Waals surface area contributed by atoms with Gasteiger partial charge in [-0.2, -0.15) is 0 Å². The number of carbonyl (C=O) groups is 1. The molecule has 4 rings (SSSR count). The van der Waals surface area contributed by atoms with Crippen molar-refractivity contribution in [1.82, 2.24) is 24.8 Å². The topological polar surface area (TPSA) is 85.3 Å². The summed E-state index contributed by atoms with van der Waals surface area (Å²) in [5.74, 6) is -0.195. The van der Waals surface area contributed by atoms with Crippen LogP contribution in [0.4, 0.5) is 0 Å². The summed E-state index contributed by atoms with van der Waals surface area (Å²) in [6.45, 7) is 2.35. The van der Waals surface area contributed by atoms with Gasteiger partial charge in [-0.15, -0.1) is 11.3 Å². The molecule has 0 radical (unpaired) electrons. The molecule has 116 valence electrons. The van der Waals surface area contributed by atoms with Crippen LogP contribution in [0.25, 0.3) is 16.1 Å². The number of thiazole rings is 1. The van der Waals surface area contributed by atoms with E-state index in [9.17, 15) is 4.79 Å². The number of imidazole rings is 1. The molecule has 23 heavy (non-hydrogen) atoms. The predicted octanol–water partition coefficient (Wildman–Crippen LogP) is 2.42. The van der Waals surface area contributed by atoms with Gasteiger partial charge in [0.2, 0.25) is 0 Å². The third-order valence-electron chi connectivity index (χ3n) is 3.57. The molecule has 4 aromatic heterocycles. The summed E-state index contributed by atoms with van der Waals surface area (Å²) in [5, 5.41) is 9.55. The van der Waals surface area contributed by atoms with Crippen LogP contribution in [0.3, 0.4) is 0 Å². The highest BCUT2D eigenvalue weighted by Crippen LogP contribution is 2.18. The van der Waals surface area contributed by atoms with Gasteiger partial charge in [0, 0.05) is 24.0 Å². The minimum absolute atomic E-state index is 0.195. The van der Waals surface area contributed by atoms with Gasteiger partial charge in [0.05, 0.1) is 28.9 Å². The monoisotopic (exact) mass is 327 g/mol. The van der Waals surface area contributed by atoms with Gasteiger partial charge < -0.3 is 9.84 Å². The number of carbonyl (C=O) groups excluding carboxylic acids is 1. The van der Waals surface area contributed by atoms with Gasteiger partial charge in [0.15, 0.2) is 4.96 Å². The van der Waals surface area contributed by atoms with Gasteiger partial charge in [-0.1, -0.05) is 12.1 Å². The number of hydrogen-bond donors (Lipinski definition) is 1. The quantitative estimate of drug-likeness (QED) is 0.622. The summed E-state index contributed by atoms with van der Waals surface area (Å²) in [6, 6.07) is 1.76. The number of nitrogens with one attached hydrogen (secondary N) is 1. The second kappa shape index (κ2) is 5.47. The molecule has 1 amide bonds. The summed E-state index contributed by atoms with van der Waals surface area (Å²) in [4.78, 5) is 21.8. The number of amides is 1. The molecule has 4 aromatic rings. The molecule has 0 spiro atoms. The van der Waals surface area contributed by atoms with Gasteiger partial charge in [0.25, 0.3) is 11.6 Å². The minimum Gasteiger partial charge on any atom is -0.346 e. The van der Waals surface area contributed by atoms with Gasteiger partial charge >= 0.3 is 0 Å². The number of aryl methyl sites for hydroxylation is 1. The van der Waals surface area contributed by atoms with E-state index in [0.29, 0.717) is 17.8 Å². The van der Waals surface area contributed by atoms with Crippen molar-refractivity contribution in [2.75, 3.05) is 0 Å². The van der Waals surface area contributed by atoms with Gasteiger partial charge in [-0.25, -0.2) is 9.97 Å². The van der Waals surface area contributed by atoms with E-state index < -0.39 is 0 Å². The van der Waals surface area contributed by atoms with Crippen LogP contribution in [-0.4, -0.2) is 25.4 Å². The molecule has 0 bridgehead atoms. The van der Waals surface area contributed by atoms with Crippen molar-refractivity contribution in [3.63, 3.8) is 0 Å². The summed E-state index contributed by atoms with van der Waals surface area (Å²) < 4.78 is 7.06. The van der Waals surface area contributed by atoms with E-state index in [2.05, 4.69) is 20.4 Å². The second-order valence-electron chi connectivity index (χ2n) is 5.07. The van der Waals surface area contributed by atoms with Crippen LogP contribution in [0.1, 0.15) is 28.7 Å². The molecule has 4 heterocycles. The first-order chi connectivity index (χ1) is 11.2. The Labute approximate surface area is 135 Å². The van der Waals surface area contributed by atoms with E-state index in [4.69, 9.17) is 4.52 Å². The fourth-order valence-electron chi connectivity index (χ4n) is 2.39. The van der Waals surface area contributed by atoms with E-state index >= 15 is 0 Å². The maximum Gasteiger partial charge on any atom is 0.257 e. The zero-order valence-corrected chi connectivity index (χ0v) is 13.1. The number of aromatic nitrogens is 4. The van der Waals surface area contributed by atoms with E-state index in [-0.39, 0.29) is 5.91 Å². The van der Waals surface area contributed by atoms with Crippen LogP contribution in [0.15, 0.2) is 34.6 Å². The normalized spacial score (nSPS) is 11.3. The van der Waals surface area contributed by atoms with Crippen molar-refractivity contribution in [3.05, 3.63) is 47.0 Å². The SMILES string of the molecule is CCc1noc2ncc(C(=O)NCc3cn4ccsc4n3)cc12. The number of rotatable bonds is 4. The fraction of sp³-hybridized carbons (Fsp3) is 0.200. The highest BCUT2D eigenvalue weighted by Gasteiger charge is 2.13. The highest BCUT2D eigenvalue weighted by molar-refractivity contribution is 7.15. The molecule has 0 aliphatic heterocycles. The molecule has 8 heteroatoms. The molecule has 0 aliphatic rings. The molecule has 0 fully saturated rings. The van der Waals surface area contributed by atoms with E-state index in [0.717, 1.165) is 28.2 Å². The molecular formula is C15H13N5O2S. The summed E-state index contributed by atoms with van der Waals surface area (Å²) in [7, 11) is 0. The van der Waals surface area contributed by atoms with Crippen molar-refractivity contribution in [2.24, 2.45) is 0 Å². The number of nitrogens with zero attached hydrogens (tertiary/aromatic N) is 4.